The molecule has 1 fully saturated rings. The van der Waals surface area contributed by atoms with Crippen LogP contribution in [-0.2, 0) is 29.7 Å². The molecular formula is C48H51N3O9S. The van der Waals surface area contributed by atoms with E-state index in [9.17, 15) is 18.0 Å². The summed E-state index contributed by atoms with van der Waals surface area (Å²) in [6.45, 7) is 0.966. The van der Waals surface area contributed by atoms with E-state index in [1.54, 1.807) is 7.11 Å². The van der Waals surface area contributed by atoms with Crippen molar-refractivity contribution in [3.63, 3.8) is 0 Å². The van der Waals surface area contributed by atoms with E-state index in [1.165, 1.54) is 37.3 Å². The number of methoxy groups -OCH3 is 3. The maximum Gasteiger partial charge on any atom is 0.409 e. The van der Waals surface area contributed by atoms with Gasteiger partial charge in [0, 0.05) is 67.9 Å². The Labute approximate surface area is 357 Å². The molecular weight excluding hydrogens is 795 g/mol. The van der Waals surface area contributed by atoms with Gasteiger partial charge in [0.15, 0.2) is 11.5 Å². The topological polar surface area (TPSA) is 142 Å². The molecule has 0 spiro atoms. The van der Waals surface area contributed by atoms with Gasteiger partial charge in [0.05, 0.1) is 25.0 Å². The largest absolute Gasteiger partial charge is 0.493 e. The van der Waals surface area contributed by atoms with Crippen molar-refractivity contribution < 1.29 is 41.7 Å². The number of amides is 2. The van der Waals surface area contributed by atoms with Gasteiger partial charge in [-0.1, -0.05) is 84.9 Å². The van der Waals surface area contributed by atoms with Gasteiger partial charge in [0.25, 0.3) is 0 Å². The molecule has 5 aromatic carbocycles. The molecule has 2 unspecified atom stereocenters. The number of benzene rings is 5. The summed E-state index contributed by atoms with van der Waals surface area (Å²) < 4.78 is 59.2. The number of ether oxygens (including phenoxy) is 5. The van der Waals surface area contributed by atoms with Crippen molar-refractivity contribution >= 4 is 22.0 Å². The molecule has 3 aliphatic rings. The molecule has 2 aliphatic heterocycles. The number of nitrogens with zero attached hydrogens (tertiary/aromatic N) is 1. The van der Waals surface area contributed by atoms with E-state index in [0.29, 0.717) is 18.8 Å². The molecule has 0 saturated carbocycles. The summed E-state index contributed by atoms with van der Waals surface area (Å²) in [4.78, 5) is 30.1. The van der Waals surface area contributed by atoms with Crippen LogP contribution in [0.15, 0.2) is 120 Å². The molecule has 318 valence electrons. The number of hydrogen-bond acceptors (Lipinski definition) is 9. The Morgan fingerprint density at radius 2 is 1.39 bits per heavy atom. The zero-order valence-electron chi connectivity index (χ0n) is 34.6. The number of unbranched alkanes of at least 4 members (excludes halogenated alkanes) is 1. The Morgan fingerprint density at radius 3 is 2.03 bits per heavy atom. The predicted molar refractivity (Wildman–Crippen MR) is 231 cm³/mol. The van der Waals surface area contributed by atoms with Crippen molar-refractivity contribution in [2.24, 2.45) is 5.92 Å². The lowest BCUT2D eigenvalue weighted by atomic mass is 9.69. The Balaban J connectivity index is 1.06. The van der Waals surface area contributed by atoms with Crippen LogP contribution in [0.1, 0.15) is 53.9 Å². The second-order valence-electron chi connectivity index (χ2n) is 15.8. The molecule has 12 nitrogen and oxygen atoms in total. The number of likely N-dealkylation sites (tertiary alicyclic amines) is 1. The summed E-state index contributed by atoms with van der Waals surface area (Å²) in [6, 6.07) is 35.5. The van der Waals surface area contributed by atoms with Crippen LogP contribution < -0.4 is 24.2 Å². The Morgan fingerprint density at radius 1 is 0.770 bits per heavy atom. The zero-order valence-corrected chi connectivity index (χ0v) is 35.4. The van der Waals surface area contributed by atoms with Crippen LogP contribution in [0.3, 0.4) is 0 Å². The van der Waals surface area contributed by atoms with Gasteiger partial charge in [0.1, 0.15) is 18.1 Å². The Kier molecular flexibility index (Phi) is 12.3. The van der Waals surface area contributed by atoms with Gasteiger partial charge in [-0.15, -0.1) is 0 Å². The summed E-state index contributed by atoms with van der Waals surface area (Å²) in [7, 11) is 0.438. The van der Waals surface area contributed by atoms with E-state index in [1.807, 2.05) is 84.9 Å². The summed E-state index contributed by atoms with van der Waals surface area (Å²) >= 11 is 0. The molecule has 1 saturated heterocycles. The summed E-state index contributed by atoms with van der Waals surface area (Å²) in [5.74, 6) is 0.830. The fraction of sp³-hybridized carbons (Fsp3) is 0.333. The summed E-state index contributed by atoms with van der Waals surface area (Å²) in [5, 5.41) is 3.27. The Bertz CT molecular complexity index is 2420. The second-order valence-corrected chi connectivity index (χ2v) is 17.5. The zero-order chi connectivity index (χ0) is 42.6. The molecule has 61 heavy (non-hydrogen) atoms. The van der Waals surface area contributed by atoms with Gasteiger partial charge >= 0.3 is 6.09 Å². The number of carbonyl (C=O) groups is 2. The first-order valence-electron chi connectivity index (χ1n) is 20.6. The molecule has 1 aliphatic carbocycles. The highest BCUT2D eigenvalue weighted by Crippen LogP contribution is 2.50. The average Bonchev–Trinajstić information content (AvgIpc) is 3.61. The third kappa shape index (κ3) is 8.42. The number of hydrogen-bond donors (Lipinski definition) is 2. The first kappa shape index (κ1) is 41.8. The summed E-state index contributed by atoms with van der Waals surface area (Å²) in [5.41, 5.74) is 5.65. The van der Waals surface area contributed by atoms with Crippen molar-refractivity contribution in [3.8, 4) is 34.1 Å². The highest BCUT2D eigenvalue weighted by Gasteiger charge is 2.43. The van der Waals surface area contributed by atoms with Crippen LogP contribution in [0.2, 0.25) is 0 Å². The molecule has 2 N–H and O–H groups in total. The van der Waals surface area contributed by atoms with Crippen molar-refractivity contribution in [2.45, 2.75) is 48.0 Å². The van der Waals surface area contributed by atoms with Gasteiger partial charge in [-0.25, -0.2) is 17.9 Å². The van der Waals surface area contributed by atoms with E-state index >= 15 is 0 Å². The van der Waals surface area contributed by atoms with Gasteiger partial charge in [-0.3, -0.25) is 4.79 Å². The molecule has 0 bridgehead atoms. The third-order valence-electron chi connectivity index (χ3n) is 12.2. The molecule has 8 rings (SSSR count). The smallest absolute Gasteiger partial charge is 0.409 e. The highest BCUT2D eigenvalue weighted by molar-refractivity contribution is 7.89. The van der Waals surface area contributed by atoms with Gasteiger partial charge in [0.2, 0.25) is 15.9 Å². The normalized spacial score (nSPS) is 17.5. The van der Waals surface area contributed by atoms with Crippen LogP contribution in [0.5, 0.6) is 23.0 Å². The van der Waals surface area contributed by atoms with Crippen LogP contribution in [0, 0.1) is 5.92 Å². The average molecular weight is 846 g/mol. The number of piperidine rings is 1. The van der Waals surface area contributed by atoms with E-state index in [-0.39, 0.29) is 55.1 Å². The van der Waals surface area contributed by atoms with Crippen molar-refractivity contribution in [2.75, 3.05) is 54.2 Å². The SMILES string of the molecule is COCCCCC1(CNC(=O)C2CC(NS(=O)(=O)c3ccc(OC)c(OC)c3)CN(C(=O)OCC3c4ccccc4-c4ccccc43)C2)c2ccccc2Oc2ccccc21. The van der Waals surface area contributed by atoms with Crippen molar-refractivity contribution in [3.05, 3.63) is 138 Å². The monoisotopic (exact) mass is 845 g/mol. The molecule has 0 aromatic heterocycles. The lowest BCUT2D eigenvalue weighted by Gasteiger charge is -2.41. The van der Waals surface area contributed by atoms with Gasteiger partial charge in [-0.05, 0) is 72.2 Å². The first-order chi connectivity index (χ1) is 29.7. The predicted octanol–water partition coefficient (Wildman–Crippen LogP) is 7.65. The number of nitrogens with one attached hydrogen (secondary N) is 2. The first-order valence-corrected chi connectivity index (χ1v) is 22.1. The maximum absolute atomic E-state index is 14.6. The quantitative estimate of drug-likeness (QED) is 0.102. The number of carbonyl (C=O) groups excluding carboxylic acids is 2. The number of rotatable bonds is 15. The molecule has 0 radical (unpaired) electrons. The van der Waals surface area contributed by atoms with Crippen LogP contribution >= 0.6 is 0 Å². The lowest BCUT2D eigenvalue weighted by molar-refractivity contribution is -0.127. The van der Waals surface area contributed by atoms with Crippen LogP contribution in [0.4, 0.5) is 4.79 Å². The second kappa shape index (κ2) is 18.0. The molecule has 2 atom stereocenters. The molecule has 13 heteroatoms. The minimum atomic E-state index is -4.15. The fourth-order valence-corrected chi connectivity index (χ4v) is 10.5. The van der Waals surface area contributed by atoms with E-state index in [0.717, 1.165) is 57.7 Å². The fourth-order valence-electron chi connectivity index (χ4n) is 9.25. The lowest BCUT2D eigenvalue weighted by Crippen LogP contribution is -2.56. The molecule has 2 heterocycles. The Hall–Kier alpha value is -5.89. The number of sulfonamides is 1. The van der Waals surface area contributed by atoms with E-state index in [4.69, 9.17) is 23.7 Å². The van der Waals surface area contributed by atoms with Crippen LogP contribution in [-0.4, -0.2) is 85.5 Å². The highest BCUT2D eigenvalue weighted by atomic mass is 32.2. The standard InChI is InChI=1S/C48H51N3O9S/c1-56-25-13-12-24-48(40-18-8-10-20-42(40)60-43-21-11-9-19-41(43)48)31-49-46(52)32-26-33(50-61(54,55)34-22-23-44(57-2)45(27-34)58-3)29-51(28-32)47(53)59-30-39-37-16-6-4-14-35(37)36-15-5-7-17-38(36)39/h4-11,14-23,27,32-33,39,50H,12-13,24-26,28-31H2,1-3H3,(H,49,52). The minimum absolute atomic E-state index is 0.00546. The molecule has 5 aromatic rings. The third-order valence-corrected chi connectivity index (χ3v) is 13.7. The van der Waals surface area contributed by atoms with Gasteiger partial charge in [-0.2, -0.15) is 0 Å². The van der Waals surface area contributed by atoms with E-state index in [2.05, 4.69) is 22.2 Å². The van der Waals surface area contributed by atoms with E-state index < -0.39 is 33.5 Å². The van der Waals surface area contributed by atoms with Crippen LogP contribution in [0.25, 0.3) is 11.1 Å². The maximum atomic E-state index is 14.6. The summed E-state index contributed by atoms with van der Waals surface area (Å²) in [6.07, 6.45) is 1.88. The number of para-hydroxylation sites is 2. The number of fused-ring (bicyclic) bond motifs is 5. The molecule has 2 amide bonds. The van der Waals surface area contributed by atoms with Crippen molar-refractivity contribution in [1.29, 1.82) is 0 Å². The minimum Gasteiger partial charge on any atom is -0.493 e. The van der Waals surface area contributed by atoms with Gasteiger partial charge < -0.3 is 33.9 Å². The van der Waals surface area contributed by atoms with Crippen molar-refractivity contribution in [1.82, 2.24) is 14.9 Å².